The van der Waals surface area contributed by atoms with Gasteiger partial charge in [0.15, 0.2) is 6.29 Å². The fraction of sp³-hybridized carbons (Fsp3) is 0. The number of anilines is 1. The predicted molar refractivity (Wildman–Crippen MR) is 49.6 cm³/mol. The van der Waals surface area contributed by atoms with Crippen LogP contribution in [0.15, 0.2) is 29.4 Å². The van der Waals surface area contributed by atoms with Gasteiger partial charge in [-0.25, -0.2) is 0 Å². The van der Waals surface area contributed by atoms with Gasteiger partial charge in [0.25, 0.3) is 0 Å². The Balaban J connectivity index is 2.58. The van der Waals surface area contributed by atoms with Gasteiger partial charge in [-0.05, 0) is 24.3 Å². The number of hydrogen-bond donors (Lipinski definition) is 1. The van der Waals surface area contributed by atoms with E-state index in [-0.39, 0.29) is 0 Å². The molecule has 4 heteroatoms. The topological polar surface area (TPSA) is 41.5 Å². The lowest BCUT2D eigenvalue weighted by Crippen LogP contribution is -1.88. The lowest BCUT2D eigenvalue weighted by atomic mass is 10.3. The molecule has 1 N–H and O–H groups in total. The molecule has 62 valence electrons. The summed E-state index contributed by atoms with van der Waals surface area (Å²) >= 11 is 5.65. The van der Waals surface area contributed by atoms with Crippen molar-refractivity contribution < 1.29 is 4.79 Å². The highest BCUT2D eigenvalue weighted by Crippen LogP contribution is 2.12. The largest absolute Gasteiger partial charge is 0.297 e. The molecule has 0 saturated carbocycles. The second-order valence-corrected chi connectivity index (χ2v) is 2.47. The van der Waals surface area contributed by atoms with Crippen LogP contribution >= 0.6 is 11.6 Å². The Kier molecular flexibility index (Phi) is 3.29. The van der Waals surface area contributed by atoms with E-state index in [1.165, 1.54) is 0 Å². The van der Waals surface area contributed by atoms with Crippen LogP contribution in [0, 0.1) is 0 Å². The molecule has 0 heterocycles. The lowest BCUT2D eigenvalue weighted by Gasteiger charge is -1.97. The predicted octanol–water partition coefficient (Wildman–Crippen LogP) is 1.94. The zero-order valence-electron chi connectivity index (χ0n) is 6.20. The van der Waals surface area contributed by atoms with Gasteiger partial charge >= 0.3 is 0 Å². The molecule has 0 radical (unpaired) electrons. The smallest absolute Gasteiger partial charge is 0.162 e. The van der Waals surface area contributed by atoms with E-state index in [9.17, 15) is 4.79 Å². The van der Waals surface area contributed by atoms with Crippen LogP contribution in [0.3, 0.4) is 0 Å². The molecule has 0 aliphatic heterocycles. The van der Waals surface area contributed by atoms with Gasteiger partial charge in [-0.15, -0.1) is 0 Å². The van der Waals surface area contributed by atoms with Crippen LogP contribution in [0.4, 0.5) is 5.69 Å². The molecule has 0 aliphatic carbocycles. The molecule has 1 aromatic rings. The molecule has 1 rings (SSSR count). The van der Waals surface area contributed by atoms with E-state index in [1.54, 1.807) is 24.3 Å². The average molecular weight is 183 g/mol. The zero-order chi connectivity index (χ0) is 8.81. The minimum Gasteiger partial charge on any atom is -0.297 e. The van der Waals surface area contributed by atoms with Gasteiger partial charge < -0.3 is 0 Å². The van der Waals surface area contributed by atoms with Gasteiger partial charge in [0, 0.05) is 5.02 Å². The first-order chi connectivity index (χ1) is 5.83. The van der Waals surface area contributed by atoms with Crippen molar-refractivity contribution in [1.82, 2.24) is 0 Å². The van der Waals surface area contributed by atoms with Crippen molar-refractivity contribution in [1.29, 1.82) is 0 Å². The summed E-state index contributed by atoms with van der Waals surface area (Å²) in [6, 6.07) is 7.01. The zero-order valence-corrected chi connectivity index (χ0v) is 6.95. The van der Waals surface area contributed by atoms with E-state index in [1.807, 2.05) is 0 Å². The van der Waals surface area contributed by atoms with Crippen LogP contribution in [-0.2, 0) is 4.79 Å². The molecule has 3 nitrogen and oxygen atoms in total. The molecular formula is C8H7ClN2O. The average Bonchev–Trinajstić information content (AvgIpc) is 2.09. The Morgan fingerprint density at radius 1 is 1.33 bits per heavy atom. The first kappa shape index (κ1) is 8.74. The molecule has 12 heavy (non-hydrogen) atoms. The molecule has 1 aromatic carbocycles. The second kappa shape index (κ2) is 4.51. The quantitative estimate of drug-likeness (QED) is 0.441. The van der Waals surface area contributed by atoms with Crippen LogP contribution < -0.4 is 5.43 Å². The van der Waals surface area contributed by atoms with Crippen molar-refractivity contribution in [2.24, 2.45) is 5.10 Å². The molecule has 0 atom stereocenters. The second-order valence-electron chi connectivity index (χ2n) is 2.03. The van der Waals surface area contributed by atoms with Gasteiger partial charge in [-0.3, -0.25) is 10.2 Å². The highest BCUT2D eigenvalue weighted by atomic mass is 35.5. The fourth-order valence-electron chi connectivity index (χ4n) is 0.667. The lowest BCUT2D eigenvalue weighted by molar-refractivity contribution is -0.102. The van der Waals surface area contributed by atoms with Crippen molar-refractivity contribution in [3.8, 4) is 0 Å². The Morgan fingerprint density at radius 3 is 2.58 bits per heavy atom. The first-order valence-corrected chi connectivity index (χ1v) is 3.69. The highest BCUT2D eigenvalue weighted by Gasteiger charge is 1.87. The molecule has 0 aromatic heterocycles. The standard InChI is InChI=1S/C8H7ClN2O/c9-7-1-3-8(4-2-7)11-10-5-6-12/h1-6,11H/b10-5+. The summed E-state index contributed by atoms with van der Waals surface area (Å²) in [5, 5.41) is 4.27. The van der Waals surface area contributed by atoms with Gasteiger partial charge in [-0.1, -0.05) is 11.6 Å². The van der Waals surface area contributed by atoms with Gasteiger partial charge in [0.1, 0.15) is 0 Å². The summed E-state index contributed by atoms with van der Waals surface area (Å²) < 4.78 is 0. The number of benzene rings is 1. The third kappa shape index (κ3) is 2.72. The van der Waals surface area contributed by atoms with Crippen molar-refractivity contribution >= 4 is 29.8 Å². The van der Waals surface area contributed by atoms with Gasteiger partial charge in [0.2, 0.25) is 0 Å². The third-order valence-corrected chi connectivity index (χ3v) is 1.43. The van der Waals surface area contributed by atoms with E-state index in [2.05, 4.69) is 10.5 Å². The summed E-state index contributed by atoms with van der Waals surface area (Å²) in [6.45, 7) is 0. The maximum atomic E-state index is 9.84. The monoisotopic (exact) mass is 182 g/mol. The normalized spacial score (nSPS) is 10.1. The van der Waals surface area contributed by atoms with Crippen molar-refractivity contribution in [3.05, 3.63) is 29.3 Å². The first-order valence-electron chi connectivity index (χ1n) is 3.31. The van der Waals surface area contributed by atoms with Crippen LogP contribution in [0.5, 0.6) is 0 Å². The highest BCUT2D eigenvalue weighted by molar-refractivity contribution is 6.30. The number of aldehydes is 1. The van der Waals surface area contributed by atoms with Gasteiger partial charge in [-0.2, -0.15) is 5.10 Å². The van der Waals surface area contributed by atoms with Crippen LogP contribution in [0.25, 0.3) is 0 Å². The Hall–Kier alpha value is -1.35. The Morgan fingerprint density at radius 2 is 2.00 bits per heavy atom. The summed E-state index contributed by atoms with van der Waals surface area (Å²) in [5.41, 5.74) is 3.44. The van der Waals surface area contributed by atoms with Gasteiger partial charge in [0.05, 0.1) is 11.9 Å². The fourth-order valence-corrected chi connectivity index (χ4v) is 0.793. The number of rotatable bonds is 3. The summed E-state index contributed by atoms with van der Waals surface area (Å²) in [7, 11) is 0. The number of carbonyl (C=O) groups excluding carboxylic acids is 1. The van der Waals surface area contributed by atoms with Crippen molar-refractivity contribution in [3.63, 3.8) is 0 Å². The van der Waals surface area contributed by atoms with E-state index in [4.69, 9.17) is 11.6 Å². The summed E-state index contributed by atoms with van der Waals surface area (Å²) in [5.74, 6) is 0. The number of hydrazone groups is 1. The number of halogens is 1. The molecule has 0 saturated heterocycles. The SMILES string of the molecule is O=C/C=N/Nc1ccc(Cl)cc1. The summed E-state index contributed by atoms with van der Waals surface area (Å²) in [4.78, 5) is 9.84. The minimum absolute atomic E-state index is 0.600. The third-order valence-electron chi connectivity index (χ3n) is 1.17. The van der Waals surface area contributed by atoms with Crippen molar-refractivity contribution in [2.45, 2.75) is 0 Å². The molecule has 0 unspecified atom stereocenters. The number of hydrogen-bond acceptors (Lipinski definition) is 3. The van der Waals surface area contributed by atoms with Crippen LogP contribution in [0.1, 0.15) is 0 Å². The molecule has 0 fully saturated rings. The Labute approximate surface area is 75.0 Å². The molecule has 0 amide bonds. The summed E-state index contributed by atoms with van der Waals surface area (Å²) in [6.07, 6.45) is 1.73. The van der Waals surface area contributed by atoms with Crippen LogP contribution in [-0.4, -0.2) is 12.5 Å². The number of nitrogens with one attached hydrogen (secondary N) is 1. The molecular weight excluding hydrogens is 176 g/mol. The molecule has 0 spiro atoms. The van der Waals surface area contributed by atoms with E-state index in [0.29, 0.717) is 11.3 Å². The van der Waals surface area contributed by atoms with Crippen molar-refractivity contribution in [2.75, 3.05) is 5.43 Å². The molecule has 0 aliphatic rings. The van der Waals surface area contributed by atoms with E-state index in [0.717, 1.165) is 11.9 Å². The van der Waals surface area contributed by atoms with E-state index >= 15 is 0 Å². The maximum absolute atomic E-state index is 9.84. The number of nitrogens with zero attached hydrogens (tertiary/aromatic N) is 1. The maximum Gasteiger partial charge on any atom is 0.162 e. The number of carbonyl (C=O) groups is 1. The molecule has 0 bridgehead atoms. The Bertz CT molecular complexity index is 282. The van der Waals surface area contributed by atoms with E-state index < -0.39 is 0 Å². The van der Waals surface area contributed by atoms with Crippen LogP contribution in [0.2, 0.25) is 5.02 Å². The minimum atomic E-state index is 0.600.